The summed E-state index contributed by atoms with van der Waals surface area (Å²) in [6.07, 6.45) is 11.0. The normalized spacial score (nSPS) is 25.1. The van der Waals surface area contributed by atoms with E-state index in [0.717, 1.165) is 37.2 Å². The molecule has 3 heterocycles. The lowest BCUT2D eigenvalue weighted by molar-refractivity contribution is 0.0905. The molecule has 0 bridgehead atoms. The lowest BCUT2D eigenvalue weighted by Crippen LogP contribution is -2.39. The van der Waals surface area contributed by atoms with E-state index in [1.807, 2.05) is 0 Å². The molecule has 1 saturated carbocycles. The molecule has 0 saturated heterocycles. The zero-order valence-electron chi connectivity index (χ0n) is 15.0. The Morgan fingerprint density at radius 2 is 1.80 bits per heavy atom. The highest BCUT2D eigenvalue weighted by Gasteiger charge is 2.36. The van der Waals surface area contributed by atoms with Gasteiger partial charge in [0.15, 0.2) is 0 Å². The van der Waals surface area contributed by atoms with Gasteiger partial charge in [-0.25, -0.2) is 0 Å². The van der Waals surface area contributed by atoms with Crippen LogP contribution in [0.1, 0.15) is 73.5 Å². The Bertz CT molecular complexity index is 800. The largest absolute Gasteiger partial charge is 0.294 e. The van der Waals surface area contributed by atoms with Crippen molar-refractivity contribution in [3.05, 3.63) is 35.5 Å². The van der Waals surface area contributed by atoms with Crippen molar-refractivity contribution >= 4 is 16.8 Å². The molecule has 3 heteroatoms. The highest BCUT2D eigenvalue weighted by atomic mass is 16.2. The van der Waals surface area contributed by atoms with Crippen LogP contribution in [0.15, 0.2) is 24.3 Å². The van der Waals surface area contributed by atoms with Gasteiger partial charge in [-0.2, -0.15) is 0 Å². The van der Waals surface area contributed by atoms with Crippen LogP contribution in [0.4, 0.5) is 0 Å². The fraction of sp³-hybridized carbons (Fsp3) is 0.591. The van der Waals surface area contributed by atoms with Crippen LogP contribution in [0, 0.1) is 5.92 Å². The van der Waals surface area contributed by atoms with Crippen molar-refractivity contribution in [1.29, 1.82) is 0 Å². The lowest BCUT2D eigenvalue weighted by Gasteiger charge is -2.39. The van der Waals surface area contributed by atoms with Crippen LogP contribution in [-0.2, 0) is 6.42 Å². The third-order valence-electron chi connectivity index (χ3n) is 6.76. The van der Waals surface area contributed by atoms with Gasteiger partial charge < -0.3 is 0 Å². The van der Waals surface area contributed by atoms with Gasteiger partial charge in [-0.15, -0.1) is 0 Å². The van der Waals surface area contributed by atoms with Crippen molar-refractivity contribution in [2.24, 2.45) is 5.92 Å². The molecule has 1 unspecified atom stereocenters. The standard InChI is InChI=1S/C22H28N2O/c25-21-12-6-11-20-22-18(17-9-4-5-10-19(17)24(21)22)13-14-23(20)15-16-7-2-1-3-8-16/h4-5,9-10,16,20H,1-3,6-8,11-15H2. The fourth-order valence-corrected chi connectivity index (χ4v) is 5.59. The third kappa shape index (κ3) is 2.55. The molecule has 0 spiro atoms. The summed E-state index contributed by atoms with van der Waals surface area (Å²) < 4.78 is 2.09. The number of benzene rings is 1. The molecule has 1 atom stereocenters. The molecule has 2 aromatic rings. The Balaban J connectivity index is 1.57. The predicted octanol–water partition coefficient (Wildman–Crippen LogP) is 4.94. The van der Waals surface area contributed by atoms with Crippen molar-refractivity contribution in [1.82, 2.24) is 9.47 Å². The Kier molecular flexibility index (Phi) is 3.93. The summed E-state index contributed by atoms with van der Waals surface area (Å²) in [5, 5.41) is 1.31. The Labute approximate surface area is 150 Å². The van der Waals surface area contributed by atoms with Crippen LogP contribution < -0.4 is 0 Å². The number of hydrogen-bond acceptors (Lipinski definition) is 2. The zero-order chi connectivity index (χ0) is 16.8. The van der Waals surface area contributed by atoms with E-state index >= 15 is 0 Å². The number of carbonyl (C=O) groups is 1. The molecule has 0 radical (unpaired) electrons. The summed E-state index contributed by atoms with van der Waals surface area (Å²) in [6.45, 7) is 2.40. The van der Waals surface area contributed by atoms with Gasteiger partial charge in [-0.1, -0.05) is 37.5 Å². The van der Waals surface area contributed by atoms with Crippen molar-refractivity contribution < 1.29 is 4.79 Å². The van der Waals surface area contributed by atoms with Crippen LogP contribution in [0.25, 0.3) is 10.9 Å². The molecule has 3 nitrogen and oxygen atoms in total. The minimum absolute atomic E-state index is 0.305. The number of aromatic nitrogens is 1. The summed E-state index contributed by atoms with van der Waals surface area (Å²) in [7, 11) is 0. The van der Waals surface area contributed by atoms with Crippen LogP contribution >= 0.6 is 0 Å². The van der Waals surface area contributed by atoms with E-state index in [2.05, 4.69) is 33.7 Å². The first-order valence-electron chi connectivity index (χ1n) is 10.2. The van der Waals surface area contributed by atoms with Gasteiger partial charge in [-0.05, 0) is 49.7 Å². The van der Waals surface area contributed by atoms with Crippen molar-refractivity contribution in [3.8, 4) is 0 Å². The average Bonchev–Trinajstić information content (AvgIpc) is 2.88. The maximum absolute atomic E-state index is 12.9. The predicted molar refractivity (Wildman–Crippen MR) is 101 cm³/mol. The van der Waals surface area contributed by atoms with E-state index in [4.69, 9.17) is 0 Å². The Morgan fingerprint density at radius 3 is 2.68 bits per heavy atom. The molecule has 0 N–H and O–H groups in total. The van der Waals surface area contributed by atoms with Crippen LogP contribution in [-0.4, -0.2) is 28.5 Å². The number of rotatable bonds is 2. The second-order valence-electron chi connectivity index (χ2n) is 8.27. The third-order valence-corrected chi connectivity index (χ3v) is 6.76. The number of para-hydroxylation sites is 1. The van der Waals surface area contributed by atoms with Crippen LogP contribution in [0.2, 0.25) is 0 Å². The zero-order valence-corrected chi connectivity index (χ0v) is 15.0. The Morgan fingerprint density at radius 1 is 0.960 bits per heavy atom. The lowest BCUT2D eigenvalue weighted by atomic mass is 9.87. The number of fused-ring (bicyclic) bond motifs is 3. The molecule has 1 fully saturated rings. The molecule has 132 valence electrons. The van der Waals surface area contributed by atoms with Gasteiger partial charge in [0.25, 0.3) is 0 Å². The number of carbonyl (C=O) groups excluding carboxylic acids is 1. The van der Waals surface area contributed by atoms with E-state index in [-0.39, 0.29) is 0 Å². The van der Waals surface area contributed by atoms with E-state index in [9.17, 15) is 4.79 Å². The maximum Gasteiger partial charge on any atom is 0.231 e. The van der Waals surface area contributed by atoms with Gasteiger partial charge in [0.1, 0.15) is 0 Å². The summed E-state index contributed by atoms with van der Waals surface area (Å²) in [6, 6.07) is 8.99. The smallest absolute Gasteiger partial charge is 0.231 e. The Hall–Kier alpha value is -1.61. The molecule has 25 heavy (non-hydrogen) atoms. The molecule has 5 rings (SSSR count). The van der Waals surface area contributed by atoms with Crippen molar-refractivity contribution in [3.63, 3.8) is 0 Å². The SMILES string of the molecule is O=C1CCCC2c3c(c4ccccc4n31)CCN2CC1CCCCC1. The molecule has 1 aromatic carbocycles. The minimum atomic E-state index is 0.305. The summed E-state index contributed by atoms with van der Waals surface area (Å²) in [4.78, 5) is 15.6. The molecule has 3 aliphatic rings. The fourth-order valence-electron chi connectivity index (χ4n) is 5.59. The molecule has 0 amide bonds. The van der Waals surface area contributed by atoms with Gasteiger partial charge in [0, 0.05) is 30.6 Å². The van der Waals surface area contributed by atoms with Gasteiger partial charge in [0.2, 0.25) is 5.91 Å². The van der Waals surface area contributed by atoms with Gasteiger partial charge >= 0.3 is 0 Å². The second-order valence-corrected chi connectivity index (χ2v) is 8.27. The van der Waals surface area contributed by atoms with E-state index in [1.165, 1.54) is 55.3 Å². The molecule has 1 aliphatic carbocycles. The molecular weight excluding hydrogens is 308 g/mol. The first-order chi connectivity index (χ1) is 12.3. The summed E-state index contributed by atoms with van der Waals surface area (Å²) >= 11 is 0. The first kappa shape index (κ1) is 15.6. The molecule has 1 aromatic heterocycles. The average molecular weight is 336 g/mol. The van der Waals surface area contributed by atoms with E-state index in [0.29, 0.717) is 18.4 Å². The van der Waals surface area contributed by atoms with Crippen molar-refractivity contribution in [2.75, 3.05) is 13.1 Å². The van der Waals surface area contributed by atoms with Crippen molar-refractivity contribution in [2.45, 2.75) is 63.8 Å². The van der Waals surface area contributed by atoms with E-state index < -0.39 is 0 Å². The second kappa shape index (κ2) is 6.28. The highest BCUT2D eigenvalue weighted by Crippen LogP contribution is 2.42. The monoisotopic (exact) mass is 336 g/mol. The summed E-state index contributed by atoms with van der Waals surface area (Å²) in [5.41, 5.74) is 3.94. The van der Waals surface area contributed by atoms with Gasteiger partial charge in [-0.3, -0.25) is 14.3 Å². The maximum atomic E-state index is 12.9. The first-order valence-corrected chi connectivity index (χ1v) is 10.2. The highest BCUT2D eigenvalue weighted by molar-refractivity contribution is 5.96. The van der Waals surface area contributed by atoms with Crippen LogP contribution in [0.5, 0.6) is 0 Å². The molecule has 2 aliphatic heterocycles. The van der Waals surface area contributed by atoms with Crippen LogP contribution in [0.3, 0.4) is 0 Å². The number of hydrogen-bond donors (Lipinski definition) is 0. The quantitative estimate of drug-likeness (QED) is 0.775. The summed E-state index contributed by atoms with van der Waals surface area (Å²) in [5.74, 6) is 1.17. The molecular formula is C22H28N2O. The number of nitrogens with zero attached hydrogens (tertiary/aromatic N) is 2. The van der Waals surface area contributed by atoms with E-state index in [1.54, 1.807) is 0 Å². The van der Waals surface area contributed by atoms with Gasteiger partial charge in [0.05, 0.1) is 11.6 Å². The minimum Gasteiger partial charge on any atom is -0.294 e. The topological polar surface area (TPSA) is 25.2 Å².